The number of nitrogens with one attached hydrogen (secondary N) is 1. The van der Waals surface area contributed by atoms with Crippen LogP contribution in [0.3, 0.4) is 0 Å². The van der Waals surface area contributed by atoms with Crippen molar-refractivity contribution in [3.05, 3.63) is 23.8 Å². The van der Waals surface area contributed by atoms with Crippen LogP contribution in [-0.4, -0.2) is 56.0 Å². The Balaban J connectivity index is 2.59. The van der Waals surface area contributed by atoms with E-state index < -0.39 is 0 Å². The fraction of sp³-hybridized carbons (Fsp3) is 0.562. The largest absolute Gasteiger partial charge is 0.397 e. The molecule has 1 amide bonds. The molecule has 5 heteroatoms. The molecule has 0 radical (unpaired) electrons. The Bertz CT molecular complexity index is 473. The lowest BCUT2D eigenvalue weighted by atomic mass is 10.1. The quantitative estimate of drug-likeness (QED) is 0.756. The lowest BCUT2D eigenvalue weighted by molar-refractivity contribution is 0.0827. The number of carbonyl (C=O) groups excluding carboxylic acids is 1. The number of nitrogens with zero attached hydrogens (tertiary/aromatic N) is 2. The van der Waals surface area contributed by atoms with Crippen molar-refractivity contribution in [1.82, 2.24) is 9.80 Å². The molecule has 118 valence electrons. The van der Waals surface area contributed by atoms with Gasteiger partial charge in [0.05, 0.1) is 11.4 Å². The summed E-state index contributed by atoms with van der Waals surface area (Å²) in [5.41, 5.74) is 8.11. The molecule has 0 saturated heterocycles. The Labute approximate surface area is 128 Å². The Kier molecular flexibility index (Phi) is 6.49. The van der Waals surface area contributed by atoms with Gasteiger partial charge in [0.25, 0.3) is 5.91 Å². The Morgan fingerprint density at radius 3 is 2.52 bits per heavy atom. The van der Waals surface area contributed by atoms with Gasteiger partial charge in [0, 0.05) is 38.8 Å². The summed E-state index contributed by atoms with van der Waals surface area (Å²) in [6.07, 6.45) is 1.14. The molecule has 0 aromatic heterocycles. The highest BCUT2D eigenvalue weighted by molar-refractivity contribution is 5.95. The maximum absolute atomic E-state index is 11.9. The number of anilines is 2. The number of nitrogens with two attached hydrogens (primary N) is 1. The van der Waals surface area contributed by atoms with Gasteiger partial charge in [-0.05, 0) is 38.6 Å². The predicted molar refractivity (Wildman–Crippen MR) is 89.7 cm³/mol. The van der Waals surface area contributed by atoms with Crippen LogP contribution in [0.4, 0.5) is 11.4 Å². The summed E-state index contributed by atoms with van der Waals surface area (Å²) in [5.74, 6) is -0.0373. The van der Waals surface area contributed by atoms with Gasteiger partial charge in [0.2, 0.25) is 0 Å². The minimum Gasteiger partial charge on any atom is -0.397 e. The van der Waals surface area contributed by atoms with E-state index in [0.717, 1.165) is 25.2 Å². The first-order valence-electron chi connectivity index (χ1n) is 7.42. The zero-order valence-electron chi connectivity index (χ0n) is 13.8. The molecule has 0 fully saturated rings. The normalized spacial score (nSPS) is 12.3. The molecule has 3 N–H and O–H groups in total. The molecule has 1 aromatic carbocycles. The number of likely N-dealkylation sites (N-methyl/N-ethyl adjacent to an activating group) is 1. The number of nitrogen functional groups attached to an aromatic ring is 1. The molecule has 21 heavy (non-hydrogen) atoms. The van der Waals surface area contributed by atoms with Crippen molar-refractivity contribution in [2.75, 3.05) is 45.3 Å². The Hall–Kier alpha value is -1.75. The number of hydrogen-bond donors (Lipinski definition) is 2. The number of hydrogen-bond acceptors (Lipinski definition) is 4. The second-order valence-corrected chi connectivity index (χ2v) is 5.67. The molecule has 0 aliphatic carbocycles. The van der Waals surface area contributed by atoms with Gasteiger partial charge in [0.15, 0.2) is 0 Å². The average molecular weight is 292 g/mol. The monoisotopic (exact) mass is 292 g/mol. The minimum atomic E-state index is -0.0373. The number of benzene rings is 1. The molecule has 1 unspecified atom stereocenters. The minimum absolute atomic E-state index is 0.0373. The first-order chi connectivity index (χ1) is 9.86. The van der Waals surface area contributed by atoms with Crippen LogP contribution in [0.5, 0.6) is 0 Å². The van der Waals surface area contributed by atoms with E-state index >= 15 is 0 Å². The number of amides is 1. The van der Waals surface area contributed by atoms with Gasteiger partial charge in [-0.1, -0.05) is 6.92 Å². The fourth-order valence-corrected chi connectivity index (χ4v) is 2.01. The van der Waals surface area contributed by atoms with Crippen LogP contribution in [0.1, 0.15) is 30.6 Å². The molecule has 0 aliphatic heterocycles. The van der Waals surface area contributed by atoms with E-state index in [1.807, 2.05) is 6.07 Å². The molecular weight excluding hydrogens is 264 g/mol. The molecule has 5 nitrogen and oxygen atoms in total. The van der Waals surface area contributed by atoms with Gasteiger partial charge in [-0.15, -0.1) is 0 Å². The molecule has 1 aromatic rings. The van der Waals surface area contributed by atoms with Crippen molar-refractivity contribution in [2.45, 2.75) is 26.3 Å². The molecule has 0 aliphatic rings. The third-order valence-corrected chi connectivity index (χ3v) is 3.83. The summed E-state index contributed by atoms with van der Waals surface area (Å²) >= 11 is 0. The van der Waals surface area contributed by atoms with Crippen molar-refractivity contribution in [3.63, 3.8) is 0 Å². The van der Waals surface area contributed by atoms with E-state index in [-0.39, 0.29) is 5.91 Å². The van der Waals surface area contributed by atoms with Crippen molar-refractivity contribution in [3.8, 4) is 0 Å². The second kappa shape index (κ2) is 7.88. The summed E-state index contributed by atoms with van der Waals surface area (Å²) in [7, 11) is 5.59. The highest BCUT2D eigenvalue weighted by atomic mass is 16.2. The summed E-state index contributed by atoms with van der Waals surface area (Å²) in [4.78, 5) is 15.7. The van der Waals surface area contributed by atoms with Crippen LogP contribution in [0.25, 0.3) is 0 Å². The van der Waals surface area contributed by atoms with Crippen LogP contribution < -0.4 is 11.1 Å². The van der Waals surface area contributed by atoms with Crippen molar-refractivity contribution in [2.24, 2.45) is 0 Å². The van der Waals surface area contributed by atoms with Gasteiger partial charge < -0.3 is 20.9 Å². The van der Waals surface area contributed by atoms with E-state index in [0.29, 0.717) is 17.3 Å². The fourth-order valence-electron chi connectivity index (χ4n) is 2.01. The molecule has 0 heterocycles. The first kappa shape index (κ1) is 17.3. The van der Waals surface area contributed by atoms with Gasteiger partial charge in [0.1, 0.15) is 0 Å². The second-order valence-electron chi connectivity index (χ2n) is 5.67. The molecule has 1 atom stereocenters. The highest BCUT2D eigenvalue weighted by Crippen LogP contribution is 2.20. The third-order valence-electron chi connectivity index (χ3n) is 3.83. The zero-order chi connectivity index (χ0) is 16.0. The lowest BCUT2D eigenvalue weighted by Gasteiger charge is -2.24. The van der Waals surface area contributed by atoms with Crippen molar-refractivity contribution < 1.29 is 4.79 Å². The summed E-state index contributed by atoms with van der Waals surface area (Å²) in [6.45, 7) is 6.18. The Morgan fingerprint density at radius 2 is 2.00 bits per heavy atom. The van der Waals surface area contributed by atoms with E-state index in [9.17, 15) is 4.79 Å². The van der Waals surface area contributed by atoms with E-state index in [2.05, 4.69) is 31.1 Å². The van der Waals surface area contributed by atoms with E-state index in [1.54, 1.807) is 31.1 Å². The van der Waals surface area contributed by atoms with Gasteiger partial charge in [-0.25, -0.2) is 0 Å². The first-order valence-corrected chi connectivity index (χ1v) is 7.42. The van der Waals surface area contributed by atoms with Crippen LogP contribution in [0, 0.1) is 0 Å². The summed E-state index contributed by atoms with van der Waals surface area (Å²) < 4.78 is 0. The maximum atomic E-state index is 11.9. The van der Waals surface area contributed by atoms with Crippen LogP contribution >= 0.6 is 0 Å². The standard InChI is InChI=1S/C16H28N4O/c1-6-12(2)20(5)10-9-18-15-8-7-13(11-14(15)17)16(21)19(3)4/h7-8,11-12,18H,6,9-10,17H2,1-5H3. The van der Waals surface area contributed by atoms with Crippen molar-refractivity contribution >= 4 is 17.3 Å². The highest BCUT2D eigenvalue weighted by Gasteiger charge is 2.10. The van der Waals surface area contributed by atoms with Crippen LogP contribution in [-0.2, 0) is 0 Å². The zero-order valence-corrected chi connectivity index (χ0v) is 13.8. The smallest absolute Gasteiger partial charge is 0.253 e. The molecule has 0 saturated carbocycles. The van der Waals surface area contributed by atoms with Gasteiger partial charge in [-0.3, -0.25) is 4.79 Å². The van der Waals surface area contributed by atoms with Crippen LogP contribution in [0.15, 0.2) is 18.2 Å². The lowest BCUT2D eigenvalue weighted by Crippen LogP contribution is -2.32. The van der Waals surface area contributed by atoms with E-state index in [1.165, 1.54) is 0 Å². The number of carbonyl (C=O) groups is 1. The Morgan fingerprint density at radius 1 is 1.33 bits per heavy atom. The molecular formula is C16H28N4O. The average Bonchev–Trinajstić information content (AvgIpc) is 2.46. The third kappa shape index (κ3) is 4.93. The summed E-state index contributed by atoms with van der Waals surface area (Å²) in [5, 5.41) is 3.33. The SMILES string of the molecule is CCC(C)N(C)CCNc1ccc(C(=O)N(C)C)cc1N. The summed E-state index contributed by atoms with van der Waals surface area (Å²) in [6, 6.07) is 5.97. The van der Waals surface area contributed by atoms with Crippen LogP contribution in [0.2, 0.25) is 0 Å². The molecule has 0 bridgehead atoms. The van der Waals surface area contributed by atoms with Crippen molar-refractivity contribution in [1.29, 1.82) is 0 Å². The maximum Gasteiger partial charge on any atom is 0.253 e. The van der Waals surface area contributed by atoms with E-state index in [4.69, 9.17) is 5.73 Å². The molecule has 0 spiro atoms. The van der Waals surface area contributed by atoms with Gasteiger partial charge >= 0.3 is 0 Å². The van der Waals surface area contributed by atoms with Gasteiger partial charge in [-0.2, -0.15) is 0 Å². The molecule has 1 rings (SSSR count). The number of rotatable bonds is 7. The predicted octanol–water partition coefficient (Wildman–Crippen LogP) is 2.11. The topological polar surface area (TPSA) is 61.6 Å².